The first-order valence-electron chi connectivity index (χ1n) is 28.5. The maximum atomic E-state index is 13.5. The van der Waals surface area contributed by atoms with Gasteiger partial charge in [0.25, 0.3) is 0 Å². The van der Waals surface area contributed by atoms with Crippen LogP contribution in [0.5, 0.6) is 0 Å². The summed E-state index contributed by atoms with van der Waals surface area (Å²) >= 11 is 0. The molecule has 81 heavy (non-hydrogen) atoms. The zero-order valence-corrected chi connectivity index (χ0v) is 48.6. The van der Waals surface area contributed by atoms with Crippen molar-refractivity contribution >= 4 is 17.9 Å². The Kier molecular flexibility index (Phi) is 20.0. The number of ether oxygens (including phenoxy) is 8. The zero-order valence-electron chi connectivity index (χ0n) is 48.6. The second kappa shape index (κ2) is 24.7. The van der Waals surface area contributed by atoms with Gasteiger partial charge in [0.2, 0.25) is 0 Å². The maximum Gasteiger partial charge on any atom is 0.335 e. The molecule has 12 N–H and O–H groups in total. The second-order valence-corrected chi connectivity index (χ2v) is 25.9. The summed E-state index contributed by atoms with van der Waals surface area (Å²) in [6.45, 7) is 19.5. The topological polar surface area (TPSA) is 368 Å². The highest BCUT2D eigenvalue weighted by Crippen LogP contribution is 2.76. The van der Waals surface area contributed by atoms with E-state index in [1.54, 1.807) is 32.9 Å². The van der Waals surface area contributed by atoms with Gasteiger partial charge in [-0.05, 0) is 111 Å². The van der Waals surface area contributed by atoms with Gasteiger partial charge < -0.3 is 99.2 Å². The maximum absolute atomic E-state index is 13.5. The number of carboxylic acids is 1. The van der Waals surface area contributed by atoms with Crippen molar-refractivity contribution in [2.24, 2.45) is 56.2 Å². The molecule has 8 rings (SSSR count). The number of hydrogen-bond donors (Lipinski definition) is 12. The lowest BCUT2D eigenvalue weighted by Gasteiger charge is -2.72. The Hall–Kier alpha value is -3.05. The third-order valence-electron chi connectivity index (χ3n) is 21.4. The molecule has 3 aliphatic heterocycles. The fourth-order valence-electron chi connectivity index (χ4n) is 16.1. The number of aliphatic hydroxyl groups is 11. The number of allylic oxidation sites excluding steroid dienone is 4. The first kappa shape index (κ1) is 65.5. The molecule has 0 aromatic carbocycles. The number of fused-ring (bicyclic) bond motifs is 7. The Morgan fingerprint density at radius 2 is 1.30 bits per heavy atom. The van der Waals surface area contributed by atoms with Crippen LogP contribution in [0.1, 0.15) is 114 Å². The lowest BCUT2D eigenvalue weighted by atomic mass is 9.32. The summed E-state index contributed by atoms with van der Waals surface area (Å²) in [6.07, 6.45) is -13.0. The van der Waals surface area contributed by atoms with Crippen LogP contribution >= 0.6 is 0 Å². The molecule has 7 fully saturated rings. The van der Waals surface area contributed by atoms with Gasteiger partial charge in [-0.2, -0.15) is 0 Å². The molecule has 8 aliphatic rings. The van der Waals surface area contributed by atoms with Gasteiger partial charge in [-0.15, -0.1) is 0 Å². The van der Waals surface area contributed by atoms with E-state index in [9.17, 15) is 75.7 Å². The van der Waals surface area contributed by atoms with Gasteiger partial charge in [0.1, 0.15) is 67.1 Å². The van der Waals surface area contributed by atoms with E-state index in [0.29, 0.717) is 36.2 Å². The Labute approximate surface area is 473 Å². The number of carbonyl (C=O) groups is 3. The number of carboxylic acid groups (broad SMARTS) is 1. The Bertz CT molecular complexity index is 2330. The molecule has 0 aromatic heterocycles. The first-order valence-corrected chi connectivity index (χ1v) is 28.5. The van der Waals surface area contributed by atoms with E-state index in [-0.39, 0.29) is 34.2 Å². The molecule has 0 bridgehead atoms. The Morgan fingerprint density at radius 1 is 0.704 bits per heavy atom. The van der Waals surface area contributed by atoms with E-state index in [1.165, 1.54) is 11.6 Å². The Morgan fingerprint density at radius 3 is 1.84 bits per heavy atom. The number of rotatable bonds is 14. The van der Waals surface area contributed by atoms with Crippen molar-refractivity contribution in [1.29, 1.82) is 0 Å². The molecule has 23 heteroatoms. The summed E-state index contributed by atoms with van der Waals surface area (Å²) in [7, 11) is 1.11. The molecular weight excluding hydrogens is 1060 g/mol. The summed E-state index contributed by atoms with van der Waals surface area (Å²) in [5.41, 5.74) is -0.741. The van der Waals surface area contributed by atoms with Crippen LogP contribution < -0.4 is 0 Å². The molecule has 4 saturated carbocycles. The molecule has 462 valence electrons. The number of esters is 2. The number of aliphatic carboxylic acids is 1. The summed E-state index contributed by atoms with van der Waals surface area (Å²) < 4.78 is 44.4. The van der Waals surface area contributed by atoms with Crippen molar-refractivity contribution < 1.29 is 114 Å². The van der Waals surface area contributed by atoms with Gasteiger partial charge in [-0.3, -0.25) is 0 Å². The van der Waals surface area contributed by atoms with Crippen molar-refractivity contribution in [3.05, 3.63) is 35.5 Å². The van der Waals surface area contributed by atoms with Crippen LogP contribution in [0.25, 0.3) is 0 Å². The van der Waals surface area contributed by atoms with E-state index in [1.807, 2.05) is 13.8 Å². The average molecular weight is 1160 g/mol. The van der Waals surface area contributed by atoms with Crippen LogP contribution in [0.2, 0.25) is 0 Å². The van der Waals surface area contributed by atoms with Crippen LogP contribution in [0, 0.1) is 56.2 Å². The largest absolute Gasteiger partial charge is 0.479 e. The van der Waals surface area contributed by atoms with E-state index in [0.717, 1.165) is 39.2 Å². The van der Waals surface area contributed by atoms with Crippen LogP contribution in [-0.4, -0.2) is 217 Å². The average Bonchev–Trinajstić information content (AvgIpc) is 3.89. The zero-order chi connectivity index (χ0) is 60.3. The van der Waals surface area contributed by atoms with E-state index >= 15 is 0 Å². The summed E-state index contributed by atoms with van der Waals surface area (Å²) in [5.74, 6) is -1.69. The van der Waals surface area contributed by atoms with Gasteiger partial charge in [0.05, 0.1) is 31.3 Å². The number of hydrogen-bond acceptors (Lipinski definition) is 22. The number of aliphatic hydroxyl groups excluding tert-OH is 11. The minimum Gasteiger partial charge on any atom is -0.479 e. The number of methoxy groups -OCH3 is 1. The standard InChI is InChI=1S/C40H62O7.C18H30O16/c1-11-13-31(44)46-32-33(47-34(45)24(3)12-2)40(23-42)27(20-35(32,5)6)26-14-15-29-36(7)18-16-25(4)37(8,22-41)28(36)17-19-38(29,9)39(26,10)21-30(40)43;1-29-18-14(34-17-10(25)8(23)6(21)4(2-19)30-17)12(11(26)13(33-18)15(27)28)32-16-9(24)7(22)5(3-20)31-16/h11-14,25,27-30,32-33,41-43H,15-23H2,1-10H3;4-14,16-26H,2-3H2,1H3,(H,27,28)/b13-11-,24-12-;/t25-,27?,28?,29?,30+,32-,33-,36-,37-,38+,39+,40-;4?,5-,6+,7?,8+,9-,10?,11-,12+,13?,14?,16-,17-,18+/m00/s1. The predicted molar refractivity (Wildman–Crippen MR) is 283 cm³/mol. The van der Waals surface area contributed by atoms with E-state index in [2.05, 4.69) is 40.7 Å². The van der Waals surface area contributed by atoms with Gasteiger partial charge in [-0.25, -0.2) is 14.4 Å². The van der Waals surface area contributed by atoms with Gasteiger partial charge in [0.15, 0.2) is 31.1 Å². The van der Waals surface area contributed by atoms with Crippen molar-refractivity contribution in [2.75, 3.05) is 33.5 Å². The lowest BCUT2D eigenvalue weighted by molar-refractivity contribution is -0.374. The summed E-state index contributed by atoms with van der Waals surface area (Å²) in [6, 6.07) is 0. The first-order chi connectivity index (χ1) is 37.9. The summed E-state index contributed by atoms with van der Waals surface area (Å²) in [4.78, 5) is 38.0. The SMILES string of the molecule is C/C=C\C(=O)O[C@H]1[C@H](OC(=O)/C(C)=C\C)[C@@]2(CO)C(CC1(C)C)C1=CCC3[C@@]4(C)CC[C@H](C)[C@](C)(CO)C4CC[C@@]3(C)[C@]1(C)C[C@H]2O.CO[C@@H]1OC(C(=O)O)[C@@H](O)[C@@H](O[C@@H]2O[C@@H](CO)C(O)[C@@H]2O)C1O[C@@H]1OC(CO)[C@@H](O)[C@@H](O)C1O. The molecule has 5 aliphatic carbocycles. The lowest BCUT2D eigenvalue weighted by Crippen LogP contribution is -2.72. The highest BCUT2D eigenvalue weighted by Gasteiger charge is 2.74. The highest BCUT2D eigenvalue weighted by molar-refractivity contribution is 5.88. The van der Waals surface area contributed by atoms with Crippen molar-refractivity contribution in [3.8, 4) is 0 Å². The van der Waals surface area contributed by atoms with Crippen molar-refractivity contribution in [1.82, 2.24) is 0 Å². The van der Waals surface area contributed by atoms with Gasteiger partial charge in [0, 0.05) is 30.8 Å². The molecule has 0 aromatic rings. The second-order valence-electron chi connectivity index (χ2n) is 25.9. The molecule has 23 nitrogen and oxygen atoms in total. The van der Waals surface area contributed by atoms with Crippen LogP contribution in [0.3, 0.4) is 0 Å². The van der Waals surface area contributed by atoms with Gasteiger partial charge >= 0.3 is 17.9 Å². The monoisotopic (exact) mass is 1160 g/mol. The molecule has 0 spiro atoms. The minimum absolute atomic E-state index is 0.0541. The van der Waals surface area contributed by atoms with Crippen molar-refractivity contribution in [2.45, 2.75) is 219 Å². The molecule has 3 saturated heterocycles. The predicted octanol–water partition coefficient (Wildman–Crippen LogP) is 0.758. The third kappa shape index (κ3) is 11.0. The number of carbonyl (C=O) groups excluding carboxylic acids is 2. The van der Waals surface area contributed by atoms with Crippen LogP contribution in [0.15, 0.2) is 35.5 Å². The molecule has 0 amide bonds. The third-order valence-corrected chi connectivity index (χ3v) is 21.4. The van der Waals surface area contributed by atoms with Crippen LogP contribution in [-0.2, 0) is 52.3 Å². The quantitative estimate of drug-likeness (QED) is 0.0649. The van der Waals surface area contributed by atoms with Crippen LogP contribution in [0.4, 0.5) is 0 Å². The normalized spacial score (nSPS) is 48.5. The fourth-order valence-corrected chi connectivity index (χ4v) is 16.1. The molecular formula is C58H92O23. The van der Waals surface area contributed by atoms with E-state index < -0.39 is 153 Å². The molecule has 8 unspecified atom stereocenters. The van der Waals surface area contributed by atoms with Crippen molar-refractivity contribution in [3.63, 3.8) is 0 Å². The van der Waals surface area contributed by atoms with E-state index in [4.69, 9.17) is 37.9 Å². The molecule has 3 heterocycles. The smallest absolute Gasteiger partial charge is 0.335 e. The summed E-state index contributed by atoms with van der Waals surface area (Å²) in [5, 5.41) is 124. The highest BCUT2D eigenvalue weighted by atomic mass is 16.8. The molecule has 26 atom stereocenters. The molecule has 0 radical (unpaired) electrons. The van der Waals surface area contributed by atoms with Gasteiger partial charge in [-0.1, -0.05) is 72.3 Å². The minimum atomic E-state index is -1.97. The Balaban J connectivity index is 0.000000246. The fraction of sp³-hybridized carbons (Fsp3) is 0.845.